The zero-order valence-electron chi connectivity index (χ0n) is 10.6. The van der Waals surface area contributed by atoms with Gasteiger partial charge >= 0.3 is 0 Å². The van der Waals surface area contributed by atoms with Crippen LogP contribution in [0.25, 0.3) is 0 Å². The minimum atomic E-state index is -0.240. The van der Waals surface area contributed by atoms with Gasteiger partial charge in [-0.05, 0) is 29.9 Å². The van der Waals surface area contributed by atoms with Crippen LogP contribution in [0.3, 0.4) is 0 Å². The van der Waals surface area contributed by atoms with Gasteiger partial charge in [0.1, 0.15) is 0 Å². The number of hydrogen-bond donors (Lipinski definition) is 1. The van der Waals surface area contributed by atoms with Crippen molar-refractivity contribution in [1.29, 1.82) is 0 Å². The minimum Gasteiger partial charge on any atom is -0.398 e. The molecule has 1 aliphatic carbocycles. The number of imide groups is 1. The van der Waals surface area contributed by atoms with Crippen LogP contribution in [0.15, 0.2) is 18.2 Å². The lowest BCUT2D eigenvalue weighted by atomic mass is 10.1. The molecule has 1 unspecified atom stereocenters. The predicted octanol–water partition coefficient (Wildman–Crippen LogP) is 1.91. The fourth-order valence-corrected chi connectivity index (χ4v) is 2.63. The Balaban J connectivity index is 1.91. The molecule has 0 spiro atoms. The summed E-state index contributed by atoms with van der Waals surface area (Å²) in [6.07, 6.45) is 1.07. The van der Waals surface area contributed by atoms with Crippen molar-refractivity contribution in [2.45, 2.75) is 20.3 Å². The second-order valence-electron chi connectivity index (χ2n) is 5.88. The molecule has 1 heterocycles. The summed E-state index contributed by atoms with van der Waals surface area (Å²) in [5, 5.41) is 0. The van der Waals surface area contributed by atoms with Gasteiger partial charge < -0.3 is 5.73 Å². The van der Waals surface area contributed by atoms with Crippen LogP contribution in [0.4, 0.5) is 5.69 Å². The highest BCUT2D eigenvalue weighted by atomic mass is 16.2. The lowest BCUT2D eigenvalue weighted by Crippen LogP contribution is -2.32. The smallest absolute Gasteiger partial charge is 0.263 e. The third-order valence-corrected chi connectivity index (χ3v) is 4.15. The van der Waals surface area contributed by atoms with Crippen LogP contribution in [0.2, 0.25) is 0 Å². The Morgan fingerprint density at radius 2 is 2.00 bits per heavy atom. The number of nitrogens with zero attached hydrogens (tertiary/aromatic N) is 1. The first-order valence-corrected chi connectivity index (χ1v) is 6.16. The third kappa shape index (κ3) is 1.45. The number of amides is 2. The molecule has 0 radical (unpaired) electrons. The van der Waals surface area contributed by atoms with E-state index in [1.807, 2.05) is 0 Å². The van der Waals surface area contributed by atoms with Crippen molar-refractivity contribution in [2.75, 3.05) is 12.3 Å². The zero-order valence-corrected chi connectivity index (χ0v) is 10.6. The number of carbonyl (C=O) groups is 2. The number of rotatable bonds is 2. The van der Waals surface area contributed by atoms with Crippen molar-refractivity contribution >= 4 is 17.5 Å². The Morgan fingerprint density at radius 3 is 2.56 bits per heavy atom. The fourth-order valence-electron chi connectivity index (χ4n) is 2.63. The molecule has 1 aliphatic heterocycles. The first-order valence-electron chi connectivity index (χ1n) is 6.16. The second-order valence-corrected chi connectivity index (χ2v) is 5.88. The first kappa shape index (κ1) is 11.3. The van der Waals surface area contributed by atoms with Gasteiger partial charge in [-0.15, -0.1) is 0 Å². The molecule has 1 aromatic rings. The molecule has 0 aromatic heterocycles. The molecule has 1 atom stereocenters. The predicted molar refractivity (Wildman–Crippen MR) is 68.1 cm³/mol. The van der Waals surface area contributed by atoms with Gasteiger partial charge in [0.25, 0.3) is 11.8 Å². The molecular formula is C14H16N2O2. The topological polar surface area (TPSA) is 63.4 Å². The molecule has 2 N–H and O–H groups in total. The van der Waals surface area contributed by atoms with Gasteiger partial charge in [0.05, 0.1) is 11.1 Å². The first-order chi connectivity index (χ1) is 8.42. The molecule has 4 nitrogen and oxygen atoms in total. The average molecular weight is 244 g/mol. The van der Waals surface area contributed by atoms with Crippen molar-refractivity contribution in [3.05, 3.63) is 29.3 Å². The maximum absolute atomic E-state index is 12.2. The second kappa shape index (κ2) is 3.34. The number of benzene rings is 1. The van der Waals surface area contributed by atoms with Crippen LogP contribution in [-0.4, -0.2) is 23.3 Å². The highest BCUT2D eigenvalue weighted by Crippen LogP contribution is 2.52. The Kier molecular flexibility index (Phi) is 2.09. The molecule has 1 fully saturated rings. The fraction of sp³-hybridized carbons (Fsp3) is 0.429. The van der Waals surface area contributed by atoms with E-state index in [-0.39, 0.29) is 17.2 Å². The molecular weight excluding hydrogens is 228 g/mol. The maximum Gasteiger partial charge on any atom is 0.263 e. The zero-order chi connectivity index (χ0) is 13.1. The van der Waals surface area contributed by atoms with Gasteiger partial charge in [0.15, 0.2) is 0 Å². The van der Waals surface area contributed by atoms with Gasteiger partial charge in [-0.1, -0.05) is 19.9 Å². The monoisotopic (exact) mass is 244 g/mol. The molecule has 94 valence electrons. The molecule has 18 heavy (non-hydrogen) atoms. The number of nitrogen functional groups attached to an aromatic ring is 1. The highest BCUT2D eigenvalue weighted by Gasteiger charge is 2.49. The van der Waals surface area contributed by atoms with Crippen molar-refractivity contribution < 1.29 is 9.59 Å². The largest absolute Gasteiger partial charge is 0.398 e. The Morgan fingerprint density at radius 1 is 1.33 bits per heavy atom. The Labute approximate surface area is 106 Å². The van der Waals surface area contributed by atoms with Crippen LogP contribution in [-0.2, 0) is 0 Å². The standard InChI is InChI=1S/C14H16N2O2/c1-14(2)6-8(14)7-16-12(17)9-4-3-5-10(15)11(9)13(16)18/h3-5,8H,6-7,15H2,1-2H3. The van der Waals surface area contributed by atoms with E-state index in [1.165, 1.54) is 4.90 Å². The number of fused-ring (bicyclic) bond motifs is 1. The molecule has 0 bridgehead atoms. The normalized spacial score (nSPS) is 24.3. The average Bonchev–Trinajstić information content (AvgIpc) is 2.83. The highest BCUT2D eigenvalue weighted by molar-refractivity contribution is 6.23. The molecule has 2 aliphatic rings. The summed E-state index contributed by atoms with van der Waals surface area (Å²) in [7, 11) is 0. The van der Waals surface area contributed by atoms with Gasteiger partial charge in [-0.3, -0.25) is 14.5 Å². The van der Waals surface area contributed by atoms with E-state index in [0.29, 0.717) is 29.3 Å². The van der Waals surface area contributed by atoms with E-state index in [9.17, 15) is 9.59 Å². The quantitative estimate of drug-likeness (QED) is 0.638. The summed E-state index contributed by atoms with van der Waals surface area (Å²) in [4.78, 5) is 25.8. The Bertz CT molecular complexity index is 563. The van der Waals surface area contributed by atoms with Crippen molar-refractivity contribution in [1.82, 2.24) is 4.90 Å². The SMILES string of the molecule is CC1(C)CC1CN1C(=O)c2cccc(N)c2C1=O. The molecule has 0 saturated heterocycles. The van der Waals surface area contributed by atoms with E-state index in [0.717, 1.165) is 6.42 Å². The molecule has 2 amide bonds. The van der Waals surface area contributed by atoms with Gasteiger partial charge in [0, 0.05) is 12.2 Å². The summed E-state index contributed by atoms with van der Waals surface area (Å²) in [5.74, 6) is -0.0262. The van der Waals surface area contributed by atoms with Gasteiger partial charge in [-0.25, -0.2) is 0 Å². The summed E-state index contributed by atoms with van der Waals surface area (Å²) >= 11 is 0. The summed E-state index contributed by atoms with van der Waals surface area (Å²) in [6.45, 7) is 4.83. The van der Waals surface area contributed by atoms with Crippen LogP contribution < -0.4 is 5.73 Å². The number of carbonyl (C=O) groups excluding carboxylic acids is 2. The number of nitrogens with two attached hydrogens (primary N) is 1. The van der Waals surface area contributed by atoms with Crippen LogP contribution in [0, 0.1) is 11.3 Å². The van der Waals surface area contributed by atoms with Crippen molar-refractivity contribution in [3.63, 3.8) is 0 Å². The van der Waals surface area contributed by atoms with E-state index < -0.39 is 0 Å². The maximum atomic E-state index is 12.2. The van der Waals surface area contributed by atoms with Crippen molar-refractivity contribution in [3.8, 4) is 0 Å². The molecule has 1 saturated carbocycles. The van der Waals surface area contributed by atoms with Crippen LogP contribution in [0.5, 0.6) is 0 Å². The molecule has 4 heteroatoms. The number of anilines is 1. The van der Waals surface area contributed by atoms with E-state index in [2.05, 4.69) is 13.8 Å². The summed E-state index contributed by atoms with van der Waals surface area (Å²) < 4.78 is 0. The molecule has 1 aromatic carbocycles. The van der Waals surface area contributed by atoms with Gasteiger partial charge in [0.2, 0.25) is 0 Å². The Hall–Kier alpha value is -1.84. The van der Waals surface area contributed by atoms with Crippen molar-refractivity contribution in [2.24, 2.45) is 11.3 Å². The van der Waals surface area contributed by atoms with E-state index in [1.54, 1.807) is 18.2 Å². The number of hydrogen-bond acceptors (Lipinski definition) is 3. The summed E-state index contributed by atoms with van der Waals surface area (Å²) in [6, 6.07) is 5.04. The van der Waals surface area contributed by atoms with Crippen LogP contribution >= 0.6 is 0 Å². The van der Waals surface area contributed by atoms with Gasteiger partial charge in [-0.2, -0.15) is 0 Å². The summed E-state index contributed by atoms with van der Waals surface area (Å²) in [5.41, 5.74) is 7.25. The van der Waals surface area contributed by atoms with Crippen LogP contribution in [0.1, 0.15) is 41.0 Å². The lowest BCUT2D eigenvalue weighted by Gasteiger charge is -2.14. The van der Waals surface area contributed by atoms with E-state index >= 15 is 0 Å². The third-order valence-electron chi connectivity index (χ3n) is 4.15. The molecule has 3 rings (SSSR count). The van der Waals surface area contributed by atoms with E-state index in [4.69, 9.17) is 5.73 Å². The minimum absolute atomic E-state index is 0.204. The lowest BCUT2D eigenvalue weighted by molar-refractivity contribution is 0.0642.